The Morgan fingerprint density at radius 1 is 0.914 bits per heavy atom. The molecule has 0 bridgehead atoms. The zero-order valence-electron chi connectivity index (χ0n) is 18.7. The Bertz CT molecular complexity index is 1220. The summed E-state index contributed by atoms with van der Waals surface area (Å²) in [7, 11) is 0. The first-order chi connectivity index (χ1) is 17.0. The number of halogens is 1. The molecular weight excluding hydrogens is 472 g/mol. The molecule has 0 saturated carbocycles. The molecule has 0 radical (unpaired) electrons. The third-order valence-electron chi connectivity index (χ3n) is 5.19. The predicted octanol–water partition coefficient (Wildman–Crippen LogP) is 4.15. The fourth-order valence-corrected chi connectivity index (χ4v) is 3.73. The first-order valence-corrected chi connectivity index (χ1v) is 11.3. The Labute approximate surface area is 207 Å². The average molecular weight is 495 g/mol. The van der Waals surface area contributed by atoms with E-state index in [9.17, 15) is 14.4 Å². The van der Waals surface area contributed by atoms with Crippen LogP contribution in [0, 0.1) is 0 Å². The fraction of sp³-hybridized carbons (Fsp3) is 0.192. The quantitative estimate of drug-likeness (QED) is 0.456. The number of ether oxygens (including phenoxy) is 3. The van der Waals surface area contributed by atoms with Crippen LogP contribution in [0.15, 0.2) is 72.8 Å². The maximum Gasteiger partial charge on any atom is 0.308 e. The zero-order valence-corrected chi connectivity index (χ0v) is 19.4. The van der Waals surface area contributed by atoms with E-state index in [0.29, 0.717) is 46.5 Å². The van der Waals surface area contributed by atoms with Crippen molar-refractivity contribution in [2.45, 2.75) is 12.5 Å². The highest BCUT2D eigenvalue weighted by Crippen LogP contribution is 2.32. The van der Waals surface area contributed by atoms with E-state index in [1.165, 1.54) is 0 Å². The van der Waals surface area contributed by atoms with E-state index in [1.807, 2.05) is 6.07 Å². The number of carbonyl (C=O) groups is 3. The topological polar surface area (TPSA) is 103 Å². The van der Waals surface area contributed by atoms with Gasteiger partial charge in [-0.15, -0.1) is 0 Å². The molecular formula is C26H23ClN2O6. The van der Waals surface area contributed by atoms with E-state index in [0.717, 1.165) is 0 Å². The lowest BCUT2D eigenvalue weighted by Gasteiger charge is -2.19. The molecule has 0 saturated heterocycles. The summed E-state index contributed by atoms with van der Waals surface area (Å²) in [6, 6.07) is 20.0. The number of carbonyl (C=O) groups excluding carboxylic acids is 3. The maximum atomic E-state index is 12.8. The second-order valence-corrected chi connectivity index (χ2v) is 8.10. The molecule has 1 aliphatic rings. The highest BCUT2D eigenvalue weighted by atomic mass is 35.5. The molecule has 0 spiro atoms. The molecule has 180 valence electrons. The SMILES string of the molecule is O=C(COC(=O)CC(NC(=O)c1ccccc1Cl)c1ccccc1)Nc1ccc2c(c1)OCCO2. The molecule has 9 heteroatoms. The molecule has 2 N–H and O–H groups in total. The molecule has 35 heavy (non-hydrogen) atoms. The van der Waals surface area contributed by atoms with Gasteiger partial charge in [-0.1, -0.05) is 54.1 Å². The Morgan fingerprint density at radius 3 is 2.40 bits per heavy atom. The van der Waals surface area contributed by atoms with Gasteiger partial charge in [0.25, 0.3) is 11.8 Å². The summed E-state index contributed by atoms with van der Waals surface area (Å²) in [6.07, 6.45) is -0.169. The van der Waals surface area contributed by atoms with Crippen molar-refractivity contribution < 1.29 is 28.6 Å². The van der Waals surface area contributed by atoms with Gasteiger partial charge in [0.2, 0.25) is 0 Å². The fourth-order valence-electron chi connectivity index (χ4n) is 3.51. The molecule has 3 aromatic carbocycles. The molecule has 4 rings (SSSR count). The predicted molar refractivity (Wildman–Crippen MR) is 130 cm³/mol. The second-order valence-electron chi connectivity index (χ2n) is 7.69. The zero-order chi connectivity index (χ0) is 24.6. The van der Waals surface area contributed by atoms with Crippen LogP contribution < -0.4 is 20.1 Å². The van der Waals surface area contributed by atoms with Crippen LogP contribution in [0.25, 0.3) is 0 Å². The number of hydrogen-bond donors (Lipinski definition) is 2. The summed E-state index contributed by atoms with van der Waals surface area (Å²) >= 11 is 6.13. The van der Waals surface area contributed by atoms with E-state index in [2.05, 4.69) is 10.6 Å². The van der Waals surface area contributed by atoms with Crippen LogP contribution in [0.3, 0.4) is 0 Å². The van der Waals surface area contributed by atoms with Gasteiger partial charge in [0.05, 0.1) is 23.0 Å². The molecule has 0 fully saturated rings. The lowest BCUT2D eigenvalue weighted by atomic mass is 10.0. The van der Waals surface area contributed by atoms with Gasteiger partial charge < -0.3 is 24.8 Å². The Balaban J connectivity index is 1.35. The summed E-state index contributed by atoms with van der Waals surface area (Å²) in [5.74, 6) is -0.437. The van der Waals surface area contributed by atoms with Gasteiger partial charge >= 0.3 is 5.97 Å². The van der Waals surface area contributed by atoms with Crippen molar-refractivity contribution >= 4 is 35.1 Å². The van der Waals surface area contributed by atoms with Crippen LogP contribution in [0.4, 0.5) is 5.69 Å². The highest BCUT2D eigenvalue weighted by Gasteiger charge is 2.22. The molecule has 3 aromatic rings. The Morgan fingerprint density at radius 2 is 1.63 bits per heavy atom. The van der Waals surface area contributed by atoms with Crippen LogP contribution in [0.2, 0.25) is 5.02 Å². The number of rotatable bonds is 8. The molecule has 1 atom stereocenters. The van der Waals surface area contributed by atoms with E-state index < -0.39 is 30.4 Å². The van der Waals surface area contributed by atoms with Crippen LogP contribution in [-0.2, 0) is 14.3 Å². The Kier molecular flexibility index (Phi) is 7.84. The van der Waals surface area contributed by atoms with Crippen molar-refractivity contribution in [1.29, 1.82) is 0 Å². The summed E-state index contributed by atoms with van der Waals surface area (Å²) < 4.78 is 16.1. The third kappa shape index (κ3) is 6.51. The van der Waals surface area contributed by atoms with Gasteiger partial charge in [-0.3, -0.25) is 14.4 Å². The monoisotopic (exact) mass is 494 g/mol. The molecule has 1 heterocycles. The van der Waals surface area contributed by atoms with Crippen LogP contribution in [0.5, 0.6) is 11.5 Å². The van der Waals surface area contributed by atoms with Crippen LogP contribution in [0.1, 0.15) is 28.4 Å². The van der Waals surface area contributed by atoms with E-state index in [-0.39, 0.29) is 6.42 Å². The van der Waals surface area contributed by atoms with E-state index >= 15 is 0 Å². The summed E-state index contributed by atoms with van der Waals surface area (Å²) in [5.41, 5.74) is 1.50. The van der Waals surface area contributed by atoms with E-state index in [1.54, 1.807) is 66.7 Å². The number of hydrogen-bond acceptors (Lipinski definition) is 6. The minimum atomic E-state index is -0.673. The van der Waals surface area contributed by atoms with Gasteiger partial charge in [0, 0.05) is 11.8 Å². The summed E-state index contributed by atoms with van der Waals surface area (Å²) in [5, 5.41) is 5.78. The van der Waals surface area contributed by atoms with Gasteiger partial charge in [-0.2, -0.15) is 0 Å². The number of anilines is 1. The van der Waals surface area contributed by atoms with E-state index in [4.69, 9.17) is 25.8 Å². The lowest BCUT2D eigenvalue weighted by Crippen LogP contribution is -2.31. The molecule has 2 amide bonds. The number of amides is 2. The smallest absolute Gasteiger partial charge is 0.308 e. The highest BCUT2D eigenvalue weighted by molar-refractivity contribution is 6.33. The maximum absolute atomic E-state index is 12.8. The van der Waals surface area contributed by atoms with Crippen molar-refractivity contribution in [3.63, 3.8) is 0 Å². The van der Waals surface area contributed by atoms with Gasteiger partial charge in [-0.05, 0) is 29.8 Å². The van der Waals surface area contributed by atoms with Crippen molar-refractivity contribution in [2.24, 2.45) is 0 Å². The molecule has 1 unspecified atom stereocenters. The lowest BCUT2D eigenvalue weighted by molar-refractivity contribution is -0.147. The second kappa shape index (κ2) is 11.4. The van der Waals surface area contributed by atoms with Crippen molar-refractivity contribution in [2.75, 3.05) is 25.1 Å². The number of fused-ring (bicyclic) bond motifs is 1. The first-order valence-electron chi connectivity index (χ1n) is 10.9. The molecule has 0 aromatic heterocycles. The molecule has 1 aliphatic heterocycles. The largest absolute Gasteiger partial charge is 0.486 e. The third-order valence-corrected chi connectivity index (χ3v) is 5.52. The molecule has 0 aliphatic carbocycles. The van der Waals surface area contributed by atoms with Crippen molar-refractivity contribution in [1.82, 2.24) is 5.32 Å². The summed E-state index contributed by atoms with van der Waals surface area (Å²) in [6.45, 7) is 0.419. The standard InChI is InChI=1S/C26H23ClN2O6/c27-20-9-5-4-8-19(20)26(32)29-21(17-6-2-1-3-7-17)15-25(31)35-16-24(30)28-18-10-11-22-23(14-18)34-13-12-33-22/h1-11,14,21H,12-13,15-16H2,(H,28,30)(H,29,32). The van der Waals surface area contributed by atoms with Gasteiger partial charge in [-0.25, -0.2) is 0 Å². The average Bonchev–Trinajstić information content (AvgIpc) is 2.88. The number of esters is 1. The van der Waals surface area contributed by atoms with Crippen LogP contribution in [-0.4, -0.2) is 37.6 Å². The Hall–Kier alpha value is -4.04. The van der Waals surface area contributed by atoms with Gasteiger partial charge in [0.1, 0.15) is 13.2 Å². The van der Waals surface area contributed by atoms with Gasteiger partial charge in [0.15, 0.2) is 18.1 Å². The normalized spacial score (nSPS) is 12.8. The van der Waals surface area contributed by atoms with Crippen LogP contribution >= 0.6 is 11.6 Å². The van der Waals surface area contributed by atoms with Crippen molar-refractivity contribution in [3.8, 4) is 11.5 Å². The summed E-state index contributed by atoms with van der Waals surface area (Å²) in [4.78, 5) is 37.6. The first kappa shape index (κ1) is 24.1. The minimum Gasteiger partial charge on any atom is -0.486 e. The van der Waals surface area contributed by atoms with Crippen molar-refractivity contribution in [3.05, 3.63) is 88.9 Å². The number of benzene rings is 3. The minimum absolute atomic E-state index is 0.169. The molecule has 8 nitrogen and oxygen atoms in total. The number of nitrogens with one attached hydrogen (secondary N) is 2.